The van der Waals surface area contributed by atoms with Gasteiger partial charge in [0, 0.05) is 24.5 Å². The Morgan fingerprint density at radius 1 is 1.47 bits per heavy atom. The number of pyridine rings is 1. The van der Waals surface area contributed by atoms with E-state index in [1.54, 1.807) is 0 Å². The predicted octanol–water partition coefficient (Wildman–Crippen LogP) is 0.712. The van der Waals surface area contributed by atoms with Crippen LogP contribution in [-0.2, 0) is 11.3 Å². The standard InChI is InChI=1S/C9H12F2N2O2/c10-8(11)6-15-4-3-13-5-7(12)1-2-9(13)14/h1-2,5,8H,3-4,6,12H2. The molecule has 1 rings (SSSR count). The number of nitrogens with zero attached hydrogens (tertiary/aromatic N) is 1. The number of rotatable bonds is 5. The maximum atomic E-state index is 11.7. The number of hydrogen-bond donors (Lipinski definition) is 1. The quantitative estimate of drug-likeness (QED) is 0.740. The number of hydrogen-bond acceptors (Lipinski definition) is 3. The summed E-state index contributed by atoms with van der Waals surface area (Å²) in [5.74, 6) is 0. The lowest BCUT2D eigenvalue weighted by molar-refractivity contribution is 0.0145. The van der Waals surface area contributed by atoms with Crippen LogP contribution in [0.4, 0.5) is 14.5 Å². The molecule has 0 saturated heterocycles. The van der Waals surface area contributed by atoms with Crippen LogP contribution in [0.3, 0.4) is 0 Å². The van der Waals surface area contributed by atoms with Gasteiger partial charge in [0.05, 0.1) is 6.61 Å². The molecular weight excluding hydrogens is 206 g/mol. The van der Waals surface area contributed by atoms with Crippen LogP contribution >= 0.6 is 0 Å². The number of anilines is 1. The largest absolute Gasteiger partial charge is 0.398 e. The summed E-state index contributed by atoms with van der Waals surface area (Å²) in [7, 11) is 0. The first-order valence-corrected chi connectivity index (χ1v) is 4.41. The van der Waals surface area contributed by atoms with Gasteiger partial charge in [-0.3, -0.25) is 4.79 Å². The maximum Gasteiger partial charge on any atom is 0.261 e. The van der Waals surface area contributed by atoms with E-state index in [0.29, 0.717) is 5.69 Å². The molecule has 0 radical (unpaired) electrons. The van der Waals surface area contributed by atoms with Crippen molar-refractivity contribution in [2.45, 2.75) is 13.0 Å². The zero-order valence-corrected chi connectivity index (χ0v) is 8.03. The number of aromatic nitrogens is 1. The molecule has 0 spiro atoms. The van der Waals surface area contributed by atoms with Gasteiger partial charge in [0.1, 0.15) is 6.61 Å². The molecule has 0 bridgehead atoms. The smallest absolute Gasteiger partial charge is 0.261 e. The van der Waals surface area contributed by atoms with E-state index in [0.717, 1.165) is 0 Å². The monoisotopic (exact) mass is 218 g/mol. The average Bonchev–Trinajstić information content (AvgIpc) is 2.17. The van der Waals surface area contributed by atoms with Crippen molar-refractivity contribution in [1.82, 2.24) is 4.57 Å². The summed E-state index contributed by atoms with van der Waals surface area (Å²) in [5, 5.41) is 0. The van der Waals surface area contributed by atoms with Crippen LogP contribution in [0, 0.1) is 0 Å². The van der Waals surface area contributed by atoms with Crippen LogP contribution in [0.5, 0.6) is 0 Å². The SMILES string of the molecule is Nc1ccc(=O)n(CCOCC(F)F)c1. The summed E-state index contributed by atoms with van der Waals surface area (Å²) in [6.07, 6.45) is -1.03. The van der Waals surface area contributed by atoms with Crippen LogP contribution < -0.4 is 11.3 Å². The molecule has 4 nitrogen and oxygen atoms in total. The van der Waals surface area contributed by atoms with E-state index in [4.69, 9.17) is 5.73 Å². The third kappa shape index (κ3) is 4.07. The molecule has 0 aliphatic carbocycles. The summed E-state index contributed by atoms with van der Waals surface area (Å²) >= 11 is 0. The lowest BCUT2D eigenvalue weighted by Crippen LogP contribution is -2.22. The van der Waals surface area contributed by atoms with Gasteiger partial charge in [-0.2, -0.15) is 0 Å². The minimum absolute atomic E-state index is 0.0632. The van der Waals surface area contributed by atoms with E-state index in [1.807, 2.05) is 0 Å². The summed E-state index contributed by atoms with van der Waals surface area (Å²) in [6, 6.07) is 2.81. The van der Waals surface area contributed by atoms with Crippen molar-refractivity contribution in [3.63, 3.8) is 0 Å². The van der Waals surface area contributed by atoms with E-state index < -0.39 is 13.0 Å². The van der Waals surface area contributed by atoms with Gasteiger partial charge in [0.25, 0.3) is 12.0 Å². The molecule has 1 aromatic rings. The number of halogens is 2. The Hall–Kier alpha value is -1.43. The molecule has 6 heteroatoms. The van der Waals surface area contributed by atoms with Gasteiger partial charge in [0.2, 0.25) is 0 Å². The van der Waals surface area contributed by atoms with Crippen LogP contribution in [0.25, 0.3) is 0 Å². The van der Waals surface area contributed by atoms with Crippen LogP contribution in [0.2, 0.25) is 0 Å². The first kappa shape index (κ1) is 11.6. The Labute approximate surface area is 85.3 Å². The summed E-state index contributed by atoms with van der Waals surface area (Å²) in [6.45, 7) is -0.332. The first-order valence-electron chi connectivity index (χ1n) is 4.41. The van der Waals surface area contributed by atoms with E-state index in [9.17, 15) is 13.6 Å². The molecule has 0 amide bonds. The molecule has 15 heavy (non-hydrogen) atoms. The Morgan fingerprint density at radius 2 is 2.20 bits per heavy atom. The highest BCUT2D eigenvalue weighted by Crippen LogP contribution is 1.96. The maximum absolute atomic E-state index is 11.7. The van der Waals surface area contributed by atoms with Crippen LogP contribution in [-0.4, -0.2) is 24.2 Å². The zero-order valence-electron chi connectivity index (χ0n) is 8.03. The third-order valence-electron chi connectivity index (χ3n) is 1.73. The summed E-state index contributed by atoms with van der Waals surface area (Å²) in [4.78, 5) is 11.2. The molecule has 84 valence electrons. The first-order chi connectivity index (χ1) is 7.09. The molecule has 1 heterocycles. The molecule has 0 aliphatic rings. The van der Waals surface area contributed by atoms with Crippen molar-refractivity contribution in [2.24, 2.45) is 0 Å². The van der Waals surface area contributed by atoms with Crippen LogP contribution in [0.1, 0.15) is 0 Å². The Balaban J connectivity index is 2.43. The van der Waals surface area contributed by atoms with Crippen molar-refractivity contribution < 1.29 is 13.5 Å². The summed E-state index contributed by atoms with van der Waals surface area (Å²) < 4.78 is 29.3. The lowest BCUT2D eigenvalue weighted by atomic mass is 10.4. The van der Waals surface area contributed by atoms with E-state index in [-0.39, 0.29) is 18.7 Å². The van der Waals surface area contributed by atoms with E-state index in [1.165, 1.54) is 22.9 Å². The second kappa shape index (κ2) is 5.45. The fraction of sp³-hybridized carbons (Fsp3) is 0.444. The Kier molecular flexibility index (Phi) is 4.23. The topological polar surface area (TPSA) is 57.2 Å². The second-order valence-corrected chi connectivity index (χ2v) is 2.96. The van der Waals surface area contributed by atoms with E-state index >= 15 is 0 Å². The number of nitrogens with two attached hydrogens (primary N) is 1. The van der Waals surface area contributed by atoms with Crippen molar-refractivity contribution in [3.8, 4) is 0 Å². The molecule has 0 fully saturated rings. The van der Waals surface area contributed by atoms with Crippen molar-refractivity contribution in [1.29, 1.82) is 0 Å². The van der Waals surface area contributed by atoms with Gasteiger partial charge >= 0.3 is 0 Å². The highest BCUT2D eigenvalue weighted by molar-refractivity contribution is 5.33. The van der Waals surface area contributed by atoms with Gasteiger partial charge < -0.3 is 15.0 Å². The molecule has 0 atom stereocenters. The van der Waals surface area contributed by atoms with E-state index in [2.05, 4.69) is 4.74 Å². The van der Waals surface area contributed by atoms with Gasteiger partial charge in [-0.05, 0) is 6.07 Å². The van der Waals surface area contributed by atoms with Crippen LogP contribution in [0.15, 0.2) is 23.1 Å². The summed E-state index contributed by atoms with van der Waals surface area (Å²) in [5.41, 5.74) is 5.68. The molecular formula is C9H12F2N2O2. The Morgan fingerprint density at radius 3 is 2.87 bits per heavy atom. The van der Waals surface area contributed by atoms with Gasteiger partial charge in [0.15, 0.2) is 0 Å². The van der Waals surface area contributed by atoms with Crippen molar-refractivity contribution in [2.75, 3.05) is 18.9 Å². The highest BCUT2D eigenvalue weighted by atomic mass is 19.3. The van der Waals surface area contributed by atoms with Crippen molar-refractivity contribution >= 4 is 5.69 Å². The van der Waals surface area contributed by atoms with Gasteiger partial charge in [-0.1, -0.05) is 0 Å². The fourth-order valence-corrected chi connectivity index (χ4v) is 1.06. The molecule has 2 N–H and O–H groups in total. The fourth-order valence-electron chi connectivity index (χ4n) is 1.06. The normalized spacial score (nSPS) is 10.9. The average molecular weight is 218 g/mol. The minimum Gasteiger partial charge on any atom is -0.398 e. The second-order valence-electron chi connectivity index (χ2n) is 2.96. The molecule has 0 aliphatic heterocycles. The number of ether oxygens (including phenoxy) is 1. The Bertz CT molecular complexity index is 365. The number of nitrogen functional groups attached to an aromatic ring is 1. The minimum atomic E-state index is -2.48. The molecule has 0 unspecified atom stereocenters. The molecule has 0 aromatic carbocycles. The van der Waals surface area contributed by atoms with Crippen molar-refractivity contribution in [3.05, 3.63) is 28.7 Å². The third-order valence-corrected chi connectivity index (χ3v) is 1.73. The zero-order chi connectivity index (χ0) is 11.3. The molecule has 1 aromatic heterocycles. The van der Waals surface area contributed by atoms with Gasteiger partial charge in [-0.25, -0.2) is 8.78 Å². The molecule has 0 saturated carbocycles. The predicted molar refractivity (Wildman–Crippen MR) is 51.9 cm³/mol. The number of alkyl halides is 2. The highest BCUT2D eigenvalue weighted by Gasteiger charge is 2.02. The van der Waals surface area contributed by atoms with Gasteiger partial charge in [-0.15, -0.1) is 0 Å². The lowest BCUT2D eigenvalue weighted by Gasteiger charge is -2.06.